The van der Waals surface area contributed by atoms with Crippen LogP contribution < -0.4 is 5.32 Å². The van der Waals surface area contributed by atoms with Crippen LogP contribution in [0.4, 0.5) is 4.79 Å². The molecule has 0 spiro atoms. The van der Waals surface area contributed by atoms with Crippen LogP contribution in [0.2, 0.25) is 0 Å². The van der Waals surface area contributed by atoms with Gasteiger partial charge in [0.2, 0.25) is 0 Å². The first-order valence-corrected chi connectivity index (χ1v) is 6.84. The van der Waals surface area contributed by atoms with E-state index in [2.05, 4.69) is 5.32 Å². The number of nitrogens with zero attached hydrogens (tertiary/aromatic N) is 1. The van der Waals surface area contributed by atoms with Gasteiger partial charge in [-0.25, -0.2) is 9.59 Å². The standard InChI is InChI=1S/C14H20N2O5/c1-8-6-11(10(3)21-8)9(2)15-14(19)16-4-5-20-7-12(16)13(17)18/h6,9,12H,4-5,7H2,1-3H3,(H,15,19)(H,17,18). The Balaban J connectivity index is 2.06. The molecule has 1 aliphatic heterocycles. The summed E-state index contributed by atoms with van der Waals surface area (Å²) in [5.41, 5.74) is 0.890. The Labute approximate surface area is 122 Å². The van der Waals surface area contributed by atoms with Gasteiger partial charge in [-0.15, -0.1) is 0 Å². The zero-order valence-corrected chi connectivity index (χ0v) is 12.4. The van der Waals surface area contributed by atoms with Crippen LogP contribution in [0, 0.1) is 13.8 Å². The van der Waals surface area contributed by atoms with Crippen LogP contribution in [0.1, 0.15) is 30.0 Å². The van der Waals surface area contributed by atoms with E-state index in [1.54, 1.807) is 0 Å². The molecule has 2 rings (SSSR count). The zero-order valence-electron chi connectivity index (χ0n) is 12.4. The topological polar surface area (TPSA) is 92.0 Å². The zero-order chi connectivity index (χ0) is 15.6. The number of morpholine rings is 1. The second-order valence-corrected chi connectivity index (χ2v) is 5.16. The number of carboxylic acid groups (broad SMARTS) is 1. The fourth-order valence-electron chi connectivity index (χ4n) is 2.48. The molecule has 2 amide bonds. The van der Waals surface area contributed by atoms with Gasteiger partial charge < -0.3 is 24.5 Å². The van der Waals surface area contributed by atoms with Gasteiger partial charge in [0, 0.05) is 12.1 Å². The summed E-state index contributed by atoms with van der Waals surface area (Å²) >= 11 is 0. The maximum Gasteiger partial charge on any atom is 0.328 e. The molecule has 7 nitrogen and oxygen atoms in total. The lowest BCUT2D eigenvalue weighted by molar-refractivity contribution is -0.147. The molecule has 1 fully saturated rings. The number of furan rings is 1. The third-order valence-corrected chi connectivity index (χ3v) is 3.56. The second-order valence-electron chi connectivity index (χ2n) is 5.16. The molecule has 1 saturated heterocycles. The molecule has 2 unspecified atom stereocenters. The molecule has 1 aromatic rings. The summed E-state index contributed by atoms with van der Waals surface area (Å²) < 4.78 is 10.6. The molecule has 2 atom stereocenters. The second kappa shape index (κ2) is 6.17. The minimum Gasteiger partial charge on any atom is -0.480 e. The quantitative estimate of drug-likeness (QED) is 0.881. The number of ether oxygens (including phenoxy) is 1. The third-order valence-electron chi connectivity index (χ3n) is 3.56. The smallest absolute Gasteiger partial charge is 0.328 e. The van der Waals surface area contributed by atoms with Gasteiger partial charge in [0.1, 0.15) is 11.5 Å². The SMILES string of the molecule is Cc1cc(C(C)NC(=O)N2CCOCC2C(=O)O)c(C)o1. The van der Waals surface area contributed by atoms with Gasteiger partial charge in [-0.1, -0.05) is 0 Å². The Morgan fingerprint density at radius 3 is 2.76 bits per heavy atom. The van der Waals surface area contributed by atoms with E-state index in [-0.39, 0.29) is 19.2 Å². The van der Waals surface area contributed by atoms with Crippen molar-refractivity contribution in [1.29, 1.82) is 0 Å². The molecule has 116 valence electrons. The summed E-state index contributed by atoms with van der Waals surface area (Å²) in [5, 5.41) is 12.0. The number of aliphatic carboxylic acids is 1. The summed E-state index contributed by atoms with van der Waals surface area (Å²) in [4.78, 5) is 24.7. The monoisotopic (exact) mass is 296 g/mol. The Kier molecular flexibility index (Phi) is 4.52. The first-order valence-electron chi connectivity index (χ1n) is 6.84. The van der Waals surface area contributed by atoms with Gasteiger partial charge in [-0.3, -0.25) is 0 Å². The van der Waals surface area contributed by atoms with Gasteiger partial charge in [-0.2, -0.15) is 0 Å². The van der Waals surface area contributed by atoms with Gasteiger partial charge in [0.15, 0.2) is 6.04 Å². The van der Waals surface area contributed by atoms with E-state index in [4.69, 9.17) is 14.3 Å². The van der Waals surface area contributed by atoms with Crippen molar-refractivity contribution in [2.24, 2.45) is 0 Å². The van der Waals surface area contributed by atoms with Crippen LogP contribution in [-0.2, 0) is 9.53 Å². The van der Waals surface area contributed by atoms with Crippen LogP contribution in [-0.4, -0.2) is 47.8 Å². The molecule has 7 heteroatoms. The van der Waals surface area contributed by atoms with Crippen LogP contribution in [0.25, 0.3) is 0 Å². The highest BCUT2D eigenvalue weighted by Crippen LogP contribution is 2.21. The molecule has 21 heavy (non-hydrogen) atoms. The molecular formula is C14H20N2O5. The number of carbonyl (C=O) groups excluding carboxylic acids is 1. The van der Waals surface area contributed by atoms with E-state index >= 15 is 0 Å². The summed E-state index contributed by atoms with van der Waals surface area (Å²) in [6, 6.07) is 0.260. The summed E-state index contributed by atoms with van der Waals surface area (Å²) in [5.74, 6) is 0.461. The number of carbonyl (C=O) groups is 2. The molecule has 0 aliphatic carbocycles. The maximum atomic E-state index is 12.3. The Morgan fingerprint density at radius 2 is 2.19 bits per heavy atom. The van der Waals surface area contributed by atoms with Crippen molar-refractivity contribution in [3.63, 3.8) is 0 Å². The molecule has 0 aromatic carbocycles. The van der Waals surface area contributed by atoms with Crippen LogP contribution >= 0.6 is 0 Å². The van der Waals surface area contributed by atoms with Gasteiger partial charge in [0.05, 0.1) is 19.3 Å². The van der Waals surface area contributed by atoms with Crippen LogP contribution in [0.5, 0.6) is 0 Å². The Hall–Kier alpha value is -2.02. The van der Waals surface area contributed by atoms with Crippen molar-refractivity contribution >= 4 is 12.0 Å². The van der Waals surface area contributed by atoms with Crippen molar-refractivity contribution in [1.82, 2.24) is 10.2 Å². The molecular weight excluding hydrogens is 276 g/mol. The largest absolute Gasteiger partial charge is 0.480 e. The molecule has 0 saturated carbocycles. The number of nitrogens with one attached hydrogen (secondary N) is 1. The van der Waals surface area contributed by atoms with Crippen molar-refractivity contribution < 1.29 is 23.8 Å². The fourth-order valence-corrected chi connectivity index (χ4v) is 2.48. The van der Waals surface area contributed by atoms with E-state index < -0.39 is 18.0 Å². The number of carboxylic acids is 1. The molecule has 1 aromatic heterocycles. The van der Waals surface area contributed by atoms with Crippen LogP contribution in [0.3, 0.4) is 0 Å². The number of hydrogen-bond donors (Lipinski definition) is 2. The number of aryl methyl sites for hydroxylation is 2. The van der Waals surface area contributed by atoms with Crippen molar-refractivity contribution in [3.8, 4) is 0 Å². The average Bonchev–Trinajstić information content (AvgIpc) is 2.77. The highest BCUT2D eigenvalue weighted by atomic mass is 16.5. The van der Waals surface area contributed by atoms with Crippen molar-refractivity contribution in [2.45, 2.75) is 32.9 Å². The molecule has 0 bridgehead atoms. The minimum atomic E-state index is -1.06. The van der Waals surface area contributed by atoms with E-state index in [9.17, 15) is 9.59 Å². The molecule has 2 heterocycles. The number of amides is 2. The average molecular weight is 296 g/mol. The first kappa shape index (κ1) is 15.4. The number of hydrogen-bond acceptors (Lipinski definition) is 4. The lowest BCUT2D eigenvalue weighted by Gasteiger charge is -2.33. The predicted molar refractivity (Wildman–Crippen MR) is 74.1 cm³/mol. The summed E-state index contributed by atoms with van der Waals surface area (Å²) in [6.45, 7) is 6.13. The number of urea groups is 1. The lowest BCUT2D eigenvalue weighted by atomic mass is 10.1. The summed E-state index contributed by atoms with van der Waals surface area (Å²) in [6.07, 6.45) is 0. The normalized spacial score (nSPS) is 20.1. The van der Waals surface area contributed by atoms with Gasteiger partial charge >= 0.3 is 12.0 Å². The van der Waals surface area contributed by atoms with E-state index in [1.165, 1.54) is 4.90 Å². The van der Waals surface area contributed by atoms with Gasteiger partial charge in [-0.05, 0) is 26.8 Å². The van der Waals surface area contributed by atoms with Crippen LogP contribution in [0.15, 0.2) is 10.5 Å². The molecule has 0 radical (unpaired) electrons. The fraction of sp³-hybridized carbons (Fsp3) is 0.571. The lowest BCUT2D eigenvalue weighted by Crippen LogP contribution is -2.55. The first-order chi connectivity index (χ1) is 9.90. The Morgan fingerprint density at radius 1 is 1.48 bits per heavy atom. The highest BCUT2D eigenvalue weighted by molar-refractivity contribution is 5.83. The van der Waals surface area contributed by atoms with E-state index in [0.29, 0.717) is 6.61 Å². The van der Waals surface area contributed by atoms with E-state index in [1.807, 2.05) is 26.8 Å². The molecule has 1 aliphatic rings. The van der Waals surface area contributed by atoms with Crippen molar-refractivity contribution in [3.05, 3.63) is 23.2 Å². The Bertz CT molecular complexity index is 539. The van der Waals surface area contributed by atoms with Gasteiger partial charge in [0.25, 0.3) is 0 Å². The number of rotatable bonds is 3. The van der Waals surface area contributed by atoms with E-state index in [0.717, 1.165) is 17.1 Å². The molecule has 2 N–H and O–H groups in total. The predicted octanol–water partition coefficient (Wildman–Crippen LogP) is 1.45. The highest BCUT2D eigenvalue weighted by Gasteiger charge is 2.33. The summed E-state index contributed by atoms with van der Waals surface area (Å²) in [7, 11) is 0. The minimum absolute atomic E-state index is 0.0149. The van der Waals surface area contributed by atoms with Crippen molar-refractivity contribution in [2.75, 3.05) is 19.8 Å². The third kappa shape index (κ3) is 3.36. The maximum absolute atomic E-state index is 12.3.